The van der Waals surface area contributed by atoms with Crippen LogP contribution in [0.25, 0.3) is 0 Å². The summed E-state index contributed by atoms with van der Waals surface area (Å²) in [5.41, 5.74) is 2.08. The van der Waals surface area contributed by atoms with Crippen molar-refractivity contribution in [3.05, 3.63) is 59.7 Å². The van der Waals surface area contributed by atoms with E-state index in [0.717, 1.165) is 49.7 Å². The van der Waals surface area contributed by atoms with Crippen molar-refractivity contribution in [3.63, 3.8) is 0 Å². The highest BCUT2D eigenvalue weighted by atomic mass is 79.9. The van der Waals surface area contributed by atoms with Crippen molar-refractivity contribution in [2.75, 3.05) is 26.2 Å². The highest BCUT2D eigenvalue weighted by molar-refractivity contribution is 8.93. The molecule has 0 aliphatic carbocycles. The molecule has 0 bridgehead atoms. The molecule has 0 saturated heterocycles. The molecule has 0 aliphatic rings. The standard InChI is InChI=1S/C26H40N2O4S2.2BrH/c1-5-27(33(29,30)25-17-13-23(3)14-18-25)21-11-9-7-8-10-12-22-28(6-2)34(31,32)26-19-15-24(4)16-20-26;;/h13-20H,5-12,21-22H2,1-4H3;2*1H. The zero-order valence-electron chi connectivity index (χ0n) is 21.9. The molecule has 0 N–H and O–H groups in total. The van der Waals surface area contributed by atoms with Crippen LogP contribution in [0.5, 0.6) is 0 Å². The first-order valence-electron chi connectivity index (χ1n) is 12.3. The van der Waals surface area contributed by atoms with E-state index in [1.165, 1.54) is 0 Å². The first-order chi connectivity index (χ1) is 16.1. The molecule has 0 fully saturated rings. The predicted octanol–water partition coefficient (Wildman–Crippen LogP) is 6.52. The topological polar surface area (TPSA) is 74.8 Å². The second kappa shape index (κ2) is 16.9. The third-order valence-electron chi connectivity index (χ3n) is 6.09. The number of aryl methyl sites for hydroxylation is 2. The maximum Gasteiger partial charge on any atom is 0.243 e. The van der Waals surface area contributed by atoms with Gasteiger partial charge in [0.25, 0.3) is 0 Å². The van der Waals surface area contributed by atoms with Gasteiger partial charge in [0.15, 0.2) is 0 Å². The van der Waals surface area contributed by atoms with E-state index in [0.29, 0.717) is 36.0 Å². The Hall–Kier alpha value is -0.780. The summed E-state index contributed by atoms with van der Waals surface area (Å²) in [4.78, 5) is 0.696. The Balaban J connectivity index is 0.00000612. The number of hydrogen-bond donors (Lipinski definition) is 0. The molecule has 2 aromatic carbocycles. The Morgan fingerprint density at radius 1 is 0.528 bits per heavy atom. The number of halogens is 2. The summed E-state index contributed by atoms with van der Waals surface area (Å²) < 4.78 is 54.5. The number of hydrogen-bond acceptors (Lipinski definition) is 4. The maximum atomic E-state index is 12.8. The Kier molecular flexibility index (Phi) is 16.6. The van der Waals surface area contributed by atoms with Crippen molar-refractivity contribution in [2.24, 2.45) is 0 Å². The molecule has 36 heavy (non-hydrogen) atoms. The number of unbranched alkanes of at least 4 members (excludes halogenated alkanes) is 5. The molecular formula is C26H42Br2N2O4S2. The van der Waals surface area contributed by atoms with Crippen LogP contribution in [0.2, 0.25) is 0 Å². The van der Waals surface area contributed by atoms with E-state index in [1.54, 1.807) is 32.9 Å². The van der Waals surface area contributed by atoms with Crippen LogP contribution >= 0.6 is 34.0 Å². The summed E-state index contributed by atoms with van der Waals surface area (Å²) in [6.45, 7) is 9.58. The smallest absolute Gasteiger partial charge is 0.207 e. The molecule has 0 radical (unpaired) electrons. The Morgan fingerprint density at radius 2 is 0.806 bits per heavy atom. The summed E-state index contributed by atoms with van der Waals surface area (Å²) in [5.74, 6) is 0. The molecule has 0 aliphatic heterocycles. The second-order valence-electron chi connectivity index (χ2n) is 8.74. The van der Waals surface area contributed by atoms with Crippen LogP contribution in [0.1, 0.15) is 63.5 Å². The molecular weight excluding hydrogens is 628 g/mol. The minimum Gasteiger partial charge on any atom is -0.207 e. The molecule has 10 heteroatoms. The Bertz CT molecular complexity index is 1000. The van der Waals surface area contributed by atoms with Crippen LogP contribution in [0.3, 0.4) is 0 Å². The minimum atomic E-state index is -3.45. The molecule has 0 amide bonds. The van der Waals surface area contributed by atoms with Crippen LogP contribution in [-0.4, -0.2) is 51.6 Å². The Labute approximate surface area is 240 Å². The molecule has 0 spiro atoms. The molecule has 0 saturated carbocycles. The van der Waals surface area contributed by atoms with Crippen molar-refractivity contribution in [2.45, 2.75) is 76.0 Å². The predicted molar refractivity (Wildman–Crippen MR) is 160 cm³/mol. The lowest BCUT2D eigenvalue weighted by Crippen LogP contribution is -2.32. The van der Waals surface area contributed by atoms with E-state index >= 15 is 0 Å². The van der Waals surface area contributed by atoms with Crippen LogP contribution in [0.4, 0.5) is 0 Å². The fourth-order valence-corrected chi connectivity index (χ4v) is 6.87. The zero-order valence-corrected chi connectivity index (χ0v) is 26.9. The molecule has 0 aromatic heterocycles. The van der Waals surface area contributed by atoms with E-state index in [9.17, 15) is 16.8 Å². The van der Waals surface area contributed by atoms with Gasteiger partial charge in [-0.3, -0.25) is 0 Å². The third-order valence-corrected chi connectivity index (χ3v) is 10.1. The number of nitrogens with zero attached hydrogens (tertiary/aromatic N) is 2. The average molecular weight is 671 g/mol. The van der Waals surface area contributed by atoms with Gasteiger partial charge < -0.3 is 0 Å². The highest BCUT2D eigenvalue weighted by Gasteiger charge is 2.23. The van der Waals surface area contributed by atoms with Gasteiger partial charge in [0, 0.05) is 26.2 Å². The summed E-state index contributed by atoms with van der Waals surface area (Å²) in [5, 5.41) is 0. The fraction of sp³-hybridized carbons (Fsp3) is 0.538. The lowest BCUT2D eigenvalue weighted by atomic mass is 10.1. The van der Waals surface area contributed by atoms with Crippen molar-refractivity contribution in [1.82, 2.24) is 8.61 Å². The highest BCUT2D eigenvalue weighted by Crippen LogP contribution is 2.19. The van der Waals surface area contributed by atoms with Crippen LogP contribution < -0.4 is 0 Å². The summed E-state index contributed by atoms with van der Waals surface area (Å²) in [6.07, 6.45) is 5.58. The second-order valence-corrected chi connectivity index (χ2v) is 12.6. The quantitative estimate of drug-likeness (QED) is 0.202. The van der Waals surface area contributed by atoms with E-state index in [1.807, 2.05) is 52.0 Å². The van der Waals surface area contributed by atoms with E-state index < -0.39 is 20.0 Å². The van der Waals surface area contributed by atoms with Gasteiger partial charge in [0.05, 0.1) is 9.79 Å². The van der Waals surface area contributed by atoms with Crippen LogP contribution in [-0.2, 0) is 20.0 Å². The molecule has 2 rings (SSSR count). The molecule has 0 unspecified atom stereocenters. The number of rotatable bonds is 15. The van der Waals surface area contributed by atoms with Crippen molar-refractivity contribution in [1.29, 1.82) is 0 Å². The van der Waals surface area contributed by atoms with Gasteiger partial charge in [-0.1, -0.05) is 74.9 Å². The molecule has 0 heterocycles. The lowest BCUT2D eigenvalue weighted by Gasteiger charge is -2.21. The van der Waals surface area contributed by atoms with Crippen molar-refractivity contribution in [3.8, 4) is 0 Å². The van der Waals surface area contributed by atoms with Gasteiger partial charge >= 0.3 is 0 Å². The average Bonchev–Trinajstić information content (AvgIpc) is 2.80. The van der Waals surface area contributed by atoms with Crippen LogP contribution in [0.15, 0.2) is 58.3 Å². The monoisotopic (exact) mass is 668 g/mol. The zero-order chi connectivity index (χ0) is 25.2. The first-order valence-corrected chi connectivity index (χ1v) is 15.1. The van der Waals surface area contributed by atoms with Gasteiger partial charge in [-0.15, -0.1) is 34.0 Å². The molecule has 2 aromatic rings. The van der Waals surface area contributed by atoms with Gasteiger partial charge in [-0.05, 0) is 51.0 Å². The number of sulfonamides is 2. The molecule has 0 atom stereocenters. The molecule has 6 nitrogen and oxygen atoms in total. The normalized spacial score (nSPS) is 11.8. The van der Waals surface area contributed by atoms with Gasteiger partial charge in [-0.2, -0.15) is 8.61 Å². The minimum absolute atomic E-state index is 0. The van der Waals surface area contributed by atoms with Gasteiger partial charge in [0.2, 0.25) is 20.0 Å². The summed E-state index contributed by atoms with van der Waals surface area (Å²) >= 11 is 0. The lowest BCUT2D eigenvalue weighted by molar-refractivity contribution is 0.401. The van der Waals surface area contributed by atoms with E-state index in [-0.39, 0.29) is 34.0 Å². The van der Waals surface area contributed by atoms with Crippen LogP contribution in [0, 0.1) is 13.8 Å². The van der Waals surface area contributed by atoms with Gasteiger partial charge in [0.1, 0.15) is 0 Å². The fourth-order valence-electron chi connectivity index (χ4n) is 3.90. The third kappa shape index (κ3) is 10.2. The first kappa shape index (κ1) is 35.2. The summed E-state index contributed by atoms with van der Waals surface area (Å²) in [6, 6.07) is 14.0. The van der Waals surface area contributed by atoms with Crippen molar-refractivity contribution >= 4 is 54.0 Å². The van der Waals surface area contributed by atoms with Gasteiger partial charge in [-0.25, -0.2) is 16.8 Å². The largest absolute Gasteiger partial charge is 0.243 e. The Morgan fingerprint density at radius 3 is 1.08 bits per heavy atom. The maximum absolute atomic E-state index is 12.8. The van der Waals surface area contributed by atoms with E-state index in [2.05, 4.69) is 0 Å². The van der Waals surface area contributed by atoms with Crippen molar-refractivity contribution < 1.29 is 16.8 Å². The number of benzene rings is 2. The summed E-state index contributed by atoms with van der Waals surface area (Å²) in [7, 11) is -6.90. The van der Waals surface area contributed by atoms with E-state index in [4.69, 9.17) is 0 Å². The molecule has 206 valence electrons. The SMILES string of the molecule is Br.Br.CCN(CCCCCCCCN(CC)S(=O)(=O)c1ccc(C)cc1)S(=O)(=O)c1ccc(C)cc1.